The van der Waals surface area contributed by atoms with Crippen LogP contribution in [0.5, 0.6) is 0 Å². The zero-order valence-electron chi connectivity index (χ0n) is 17.2. The van der Waals surface area contributed by atoms with Gasteiger partial charge in [-0.2, -0.15) is 5.10 Å². The molecular formula is C20H27FN8O. The first-order chi connectivity index (χ1) is 14.4. The van der Waals surface area contributed by atoms with E-state index in [1.165, 1.54) is 12.3 Å². The molecule has 0 bridgehead atoms. The summed E-state index contributed by atoms with van der Waals surface area (Å²) in [6, 6.07) is 6.75. The first-order valence-corrected chi connectivity index (χ1v) is 9.84. The summed E-state index contributed by atoms with van der Waals surface area (Å²) < 4.78 is 15.0. The third-order valence-electron chi connectivity index (χ3n) is 4.91. The predicted octanol–water partition coefficient (Wildman–Crippen LogP) is 0.860. The summed E-state index contributed by atoms with van der Waals surface area (Å²) >= 11 is 0. The summed E-state index contributed by atoms with van der Waals surface area (Å²) in [7, 11) is 0. The maximum absolute atomic E-state index is 15.0. The van der Waals surface area contributed by atoms with Crippen molar-refractivity contribution in [1.29, 1.82) is 0 Å². The molecular weight excluding hydrogens is 387 g/mol. The van der Waals surface area contributed by atoms with Crippen molar-refractivity contribution in [2.24, 2.45) is 22.6 Å². The topological polar surface area (TPSA) is 126 Å². The number of amides is 1. The van der Waals surface area contributed by atoms with E-state index in [0.29, 0.717) is 43.5 Å². The fourth-order valence-corrected chi connectivity index (χ4v) is 3.59. The number of nitrogens with one attached hydrogen (secondary N) is 1. The zero-order valence-corrected chi connectivity index (χ0v) is 17.2. The van der Waals surface area contributed by atoms with Gasteiger partial charge in [0.2, 0.25) is 0 Å². The van der Waals surface area contributed by atoms with E-state index in [1.807, 2.05) is 11.0 Å². The van der Waals surface area contributed by atoms with E-state index in [-0.39, 0.29) is 17.3 Å². The van der Waals surface area contributed by atoms with Crippen LogP contribution in [-0.4, -0.2) is 53.0 Å². The van der Waals surface area contributed by atoms with Gasteiger partial charge in [0.05, 0.1) is 11.3 Å². The van der Waals surface area contributed by atoms with Crippen LogP contribution in [0.15, 0.2) is 35.6 Å². The standard InChI is InChI=1S/C20H27FN8O/c1-13(2)10-14-11-15(21)18(19(22)26-27-23)17(12-14)28-6-8-29(9-7-28)20(30)16-4-3-5-24-25-16/h3-5,11-13,27H,6-10,23H2,1-2H3,(H2,22,26). The molecule has 1 aromatic heterocycles. The Labute approximate surface area is 174 Å². The van der Waals surface area contributed by atoms with Crippen LogP contribution in [0, 0.1) is 11.7 Å². The van der Waals surface area contributed by atoms with Crippen molar-refractivity contribution in [2.75, 3.05) is 31.1 Å². The zero-order chi connectivity index (χ0) is 21.7. The smallest absolute Gasteiger partial charge is 0.274 e. The Morgan fingerprint density at radius 2 is 2.03 bits per heavy atom. The van der Waals surface area contributed by atoms with Crippen LogP contribution in [-0.2, 0) is 6.42 Å². The molecule has 0 spiro atoms. The van der Waals surface area contributed by atoms with Crippen molar-refractivity contribution in [1.82, 2.24) is 20.6 Å². The lowest BCUT2D eigenvalue weighted by atomic mass is 9.98. The van der Waals surface area contributed by atoms with Gasteiger partial charge in [0.25, 0.3) is 5.91 Å². The molecule has 5 N–H and O–H groups in total. The first-order valence-electron chi connectivity index (χ1n) is 9.84. The minimum Gasteiger partial charge on any atom is -0.382 e. The van der Waals surface area contributed by atoms with Gasteiger partial charge in [-0.3, -0.25) is 4.79 Å². The summed E-state index contributed by atoms with van der Waals surface area (Å²) in [5.74, 6) is 4.97. The summed E-state index contributed by atoms with van der Waals surface area (Å²) in [5.41, 5.74) is 10.1. The first kappa shape index (κ1) is 21.4. The fraction of sp³-hybridized carbons (Fsp3) is 0.400. The van der Waals surface area contributed by atoms with Gasteiger partial charge in [0.15, 0.2) is 11.5 Å². The monoisotopic (exact) mass is 414 g/mol. The number of nitrogens with two attached hydrogens (primary N) is 2. The normalized spacial score (nSPS) is 14.9. The average molecular weight is 414 g/mol. The minimum absolute atomic E-state index is 0.0286. The Kier molecular flexibility index (Phi) is 6.78. The van der Waals surface area contributed by atoms with Gasteiger partial charge in [-0.15, -0.1) is 10.2 Å². The molecule has 1 amide bonds. The van der Waals surface area contributed by atoms with Crippen molar-refractivity contribution < 1.29 is 9.18 Å². The molecule has 1 aromatic carbocycles. The highest BCUT2D eigenvalue weighted by atomic mass is 19.1. The number of carbonyl (C=O) groups excluding carboxylic acids is 1. The van der Waals surface area contributed by atoms with E-state index in [9.17, 15) is 9.18 Å². The molecule has 1 saturated heterocycles. The van der Waals surface area contributed by atoms with Gasteiger partial charge in [0, 0.05) is 32.4 Å². The van der Waals surface area contributed by atoms with E-state index >= 15 is 0 Å². The highest BCUT2D eigenvalue weighted by Gasteiger charge is 2.26. The Morgan fingerprint density at radius 3 is 2.63 bits per heavy atom. The lowest BCUT2D eigenvalue weighted by molar-refractivity contribution is 0.0739. The van der Waals surface area contributed by atoms with E-state index in [2.05, 4.69) is 34.7 Å². The van der Waals surface area contributed by atoms with Gasteiger partial charge in [-0.1, -0.05) is 13.8 Å². The number of hydrazine groups is 1. The number of piperazine rings is 1. The molecule has 0 aliphatic carbocycles. The quantitative estimate of drug-likeness (QED) is 0.277. The number of amidine groups is 1. The number of rotatable bonds is 6. The van der Waals surface area contributed by atoms with Gasteiger partial charge in [0.1, 0.15) is 5.82 Å². The predicted molar refractivity (Wildman–Crippen MR) is 113 cm³/mol. The van der Waals surface area contributed by atoms with Crippen molar-refractivity contribution in [3.63, 3.8) is 0 Å². The molecule has 0 saturated carbocycles. The van der Waals surface area contributed by atoms with E-state index in [1.54, 1.807) is 17.0 Å². The number of carbonyl (C=O) groups is 1. The Morgan fingerprint density at radius 1 is 1.30 bits per heavy atom. The molecule has 30 heavy (non-hydrogen) atoms. The van der Waals surface area contributed by atoms with Crippen LogP contribution in [0.2, 0.25) is 0 Å². The number of halogens is 1. The van der Waals surface area contributed by atoms with Crippen LogP contribution in [0.1, 0.15) is 35.5 Å². The minimum atomic E-state index is -0.447. The lowest BCUT2D eigenvalue weighted by Crippen LogP contribution is -2.49. The third-order valence-corrected chi connectivity index (χ3v) is 4.91. The molecule has 10 heteroatoms. The van der Waals surface area contributed by atoms with Crippen LogP contribution in [0.4, 0.5) is 10.1 Å². The Hall–Kier alpha value is -3.27. The number of hydrazone groups is 1. The lowest BCUT2D eigenvalue weighted by Gasteiger charge is -2.37. The highest BCUT2D eigenvalue weighted by molar-refractivity contribution is 6.03. The van der Waals surface area contributed by atoms with E-state index < -0.39 is 5.82 Å². The summed E-state index contributed by atoms with van der Waals surface area (Å²) in [5, 5.41) is 11.4. The molecule has 0 atom stereocenters. The highest BCUT2D eigenvalue weighted by Crippen LogP contribution is 2.28. The van der Waals surface area contributed by atoms with Crippen molar-refractivity contribution in [3.8, 4) is 0 Å². The van der Waals surface area contributed by atoms with Gasteiger partial charge in [-0.25, -0.2) is 15.8 Å². The van der Waals surface area contributed by atoms with Crippen LogP contribution in [0.25, 0.3) is 0 Å². The Balaban J connectivity index is 1.85. The second kappa shape index (κ2) is 9.49. The molecule has 2 aromatic rings. The number of anilines is 1. The molecule has 2 heterocycles. The van der Waals surface area contributed by atoms with E-state index in [4.69, 9.17) is 11.6 Å². The molecule has 1 aliphatic rings. The second-order valence-corrected chi connectivity index (χ2v) is 7.58. The molecule has 0 unspecified atom stereocenters. The maximum Gasteiger partial charge on any atom is 0.274 e. The Bertz CT molecular complexity index is 911. The second-order valence-electron chi connectivity index (χ2n) is 7.58. The summed E-state index contributed by atoms with van der Waals surface area (Å²) in [4.78, 5) is 16.3. The molecule has 1 aliphatic heterocycles. The SMILES string of the molecule is CC(C)Cc1cc(F)c(/C(N)=N/NN)c(N2CCN(C(=O)c3cccnn3)CC2)c1. The van der Waals surface area contributed by atoms with Crippen molar-refractivity contribution >= 4 is 17.4 Å². The molecule has 0 radical (unpaired) electrons. The summed E-state index contributed by atoms with van der Waals surface area (Å²) in [6.07, 6.45) is 2.26. The largest absolute Gasteiger partial charge is 0.382 e. The number of benzene rings is 1. The van der Waals surface area contributed by atoms with Crippen LogP contribution >= 0.6 is 0 Å². The van der Waals surface area contributed by atoms with E-state index in [0.717, 1.165) is 12.0 Å². The number of hydrogen-bond donors (Lipinski definition) is 3. The van der Waals surface area contributed by atoms with Gasteiger partial charge >= 0.3 is 0 Å². The van der Waals surface area contributed by atoms with Crippen molar-refractivity contribution in [2.45, 2.75) is 20.3 Å². The number of aromatic nitrogens is 2. The maximum atomic E-state index is 15.0. The molecule has 9 nitrogen and oxygen atoms in total. The van der Waals surface area contributed by atoms with Crippen molar-refractivity contribution in [3.05, 3.63) is 53.1 Å². The molecule has 3 rings (SSSR count). The molecule has 1 fully saturated rings. The third kappa shape index (κ3) is 4.82. The molecule has 160 valence electrons. The fourth-order valence-electron chi connectivity index (χ4n) is 3.59. The van der Waals surface area contributed by atoms with Crippen LogP contribution < -0.4 is 22.0 Å². The average Bonchev–Trinajstić information content (AvgIpc) is 2.73. The number of hydrogen-bond acceptors (Lipinski definition) is 7. The van der Waals surface area contributed by atoms with Crippen LogP contribution in [0.3, 0.4) is 0 Å². The summed E-state index contributed by atoms with van der Waals surface area (Å²) in [6.45, 7) is 6.14. The van der Waals surface area contributed by atoms with Gasteiger partial charge in [-0.05, 0) is 42.2 Å². The van der Waals surface area contributed by atoms with Gasteiger partial charge < -0.3 is 15.5 Å². The number of nitrogens with zero attached hydrogens (tertiary/aromatic N) is 5.